The van der Waals surface area contributed by atoms with Crippen molar-refractivity contribution in [2.75, 3.05) is 48.3 Å². The molecule has 0 spiro atoms. The summed E-state index contributed by atoms with van der Waals surface area (Å²) in [5, 5.41) is 10.3. The van der Waals surface area contributed by atoms with E-state index in [1.165, 1.54) is 70.3 Å². The van der Waals surface area contributed by atoms with E-state index in [2.05, 4.69) is 61.6 Å². The van der Waals surface area contributed by atoms with Crippen LogP contribution < -0.4 is 20.9 Å². The molecule has 2 saturated heterocycles. The van der Waals surface area contributed by atoms with Crippen molar-refractivity contribution in [2.45, 2.75) is 51.4 Å². The summed E-state index contributed by atoms with van der Waals surface area (Å²) in [6, 6.07) is 10.8. The molecule has 4 fully saturated rings. The standard InChI is InChI=1S/C31H39N7/c1-21-30-27(34-20-33-21)19-29(32-13-3-15-38-14-2-4-28(38)22-5-6-22)36-31(30)35-25-7-9-26(10-8-25)37-16-11-23-18-24(23)12-17-37/h7-10,19-20,23-24H,1-6,11-18H2,(H,33,34)(H2,32,35,36). The summed E-state index contributed by atoms with van der Waals surface area (Å²) in [5.74, 6) is 3.60. The number of nitrogens with one attached hydrogen (secondary N) is 3. The van der Waals surface area contributed by atoms with Gasteiger partial charge in [0.2, 0.25) is 0 Å². The van der Waals surface area contributed by atoms with E-state index in [0.29, 0.717) is 0 Å². The first-order chi connectivity index (χ1) is 18.7. The quantitative estimate of drug-likeness (QED) is 0.366. The Labute approximate surface area is 226 Å². The monoisotopic (exact) mass is 509 g/mol. The molecule has 4 heterocycles. The largest absolute Gasteiger partial charge is 0.375 e. The SMILES string of the molecule is C=C1NC=Nc2cc(NCCCN3CCCC3=C3CC3)nc(Nc3ccc(N4CCC5CC5CC4)cc3)c21. The summed E-state index contributed by atoms with van der Waals surface area (Å²) in [7, 11) is 0. The maximum Gasteiger partial charge on any atom is 0.144 e. The Bertz CT molecular complexity index is 1260. The smallest absolute Gasteiger partial charge is 0.144 e. The second-order valence-corrected chi connectivity index (χ2v) is 11.5. The van der Waals surface area contributed by atoms with E-state index in [1.54, 1.807) is 17.6 Å². The van der Waals surface area contributed by atoms with Crippen LogP contribution >= 0.6 is 0 Å². The Morgan fingerprint density at radius 1 is 1.03 bits per heavy atom. The number of hydrogen-bond donors (Lipinski definition) is 3. The molecule has 7 nitrogen and oxygen atoms in total. The van der Waals surface area contributed by atoms with Gasteiger partial charge in [-0.05, 0) is 87.5 Å². The van der Waals surface area contributed by atoms with Crippen LogP contribution in [0.2, 0.25) is 0 Å². The summed E-state index contributed by atoms with van der Waals surface area (Å²) in [6.45, 7) is 9.78. The molecular weight excluding hydrogens is 470 g/mol. The number of nitrogens with zero attached hydrogens (tertiary/aromatic N) is 4. The maximum absolute atomic E-state index is 4.96. The Balaban J connectivity index is 1.03. The Morgan fingerprint density at radius 2 is 1.84 bits per heavy atom. The van der Waals surface area contributed by atoms with Gasteiger partial charge >= 0.3 is 0 Å². The van der Waals surface area contributed by atoms with Crippen molar-refractivity contribution in [3.63, 3.8) is 0 Å². The first kappa shape index (κ1) is 23.6. The summed E-state index contributed by atoms with van der Waals surface area (Å²) in [4.78, 5) is 14.7. The van der Waals surface area contributed by atoms with Gasteiger partial charge in [-0.15, -0.1) is 0 Å². The Hall–Kier alpha value is -3.48. The molecule has 1 aromatic heterocycles. The van der Waals surface area contributed by atoms with Gasteiger partial charge in [-0.3, -0.25) is 0 Å². The molecule has 2 aliphatic carbocycles. The highest BCUT2D eigenvalue weighted by Gasteiger charge is 2.38. The van der Waals surface area contributed by atoms with E-state index >= 15 is 0 Å². The fourth-order valence-corrected chi connectivity index (χ4v) is 6.50. The molecule has 3 aliphatic heterocycles. The molecule has 3 N–H and O–H groups in total. The highest BCUT2D eigenvalue weighted by atomic mass is 15.2. The molecule has 2 unspecified atom stereocenters. The minimum atomic E-state index is 0.780. The molecule has 7 rings (SSSR count). The van der Waals surface area contributed by atoms with Crippen LogP contribution in [-0.2, 0) is 0 Å². The zero-order chi connectivity index (χ0) is 25.5. The number of aromatic nitrogens is 1. The lowest BCUT2D eigenvalue weighted by atomic mass is 10.1. The van der Waals surface area contributed by atoms with Gasteiger partial charge in [0.1, 0.15) is 11.6 Å². The van der Waals surface area contributed by atoms with Gasteiger partial charge in [0.25, 0.3) is 0 Å². The first-order valence-electron chi connectivity index (χ1n) is 14.6. The van der Waals surface area contributed by atoms with Crippen LogP contribution in [0.1, 0.15) is 56.9 Å². The predicted molar refractivity (Wildman–Crippen MR) is 158 cm³/mol. The fourth-order valence-electron chi connectivity index (χ4n) is 6.50. The lowest BCUT2D eigenvalue weighted by molar-refractivity contribution is 0.388. The molecule has 2 saturated carbocycles. The minimum absolute atomic E-state index is 0.780. The van der Waals surface area contributed by atoms with Gasteiger partial charge in [-0.25, -0.2) is 9.98 Å². The highest BCUT2D eigenvalue weighted by Crippen LogP contribution is 2.46. The highest BCUT2D eigenvalue weighted by molar-refractivity contribution is 5.92. The van der Waals surface area contributed by atoms with E-state index in [4.69, 9.17) is 4.98 Å². The van der Waals surface area contributed by atoms with Crippen molar-refractivity contribution in [3.05, 3.63) is 53.7 Å². The Kier molecular flexibility index (Phi) is 6.22. The number of benzene rings is 1. The van der Waals surface area contributed by atoms with Crippen molar-refractivity contribution >= 4 is 40.7 Å². The van der Waals surface area contributed by atoms with Crippen molar-refractivity contribution in [2.24, 2.45) is 16.8 Å². The molecule has 0 radical (unpaired) electrons. The Morgan fingerprint density at radius 3 is 2.63 bits per heavy atom. The van der Waals surface area contributed by atoms with Gasteiger partial charge in [0, 0.05) is 61.6 Å². The molecule has 2 aromatic rings. The van der Waals surface area contributed by atoms with Crippen LogP contribution in [0, 0.1) is 11.8 Å². The van der Waals surface area contributed by atoms with E-state index < -0.39 is 0 Å². The molecule has 5 aliphatic rings. The van der Waals surface area contributed by atoms with E-state index in [9.17, 15) is 0 Å². The molecule has 1 aromatic carbocycles. The van der Waals surface area contributed by atoms with Crippen LogP contribution in [0.25, 0.3) is 5.70 Å². The molecule has 0 amide bonds. The minimum Gasteiger partial charge on any atom is -0.375 e. The average molecular weight is 510 g/mol. The number of fused-ring (bicyclic) bond motifs is 2. The van der Waals surface area contributed by atoms with E-state index in [0.717, 1.165) is 65.6 Å². The number of rotatable bonds is 8. The second kappa shape index (κ2) is 10.0. The molecular formula is C31H39N7. The van der Waals surface area contributed by atoms with Crippen molar-refractivity contribution in [1.29, 1.82) is 0 Å². The predicted octanol–water partition coefficient (Wildman–Crippen LogP) is 6.24. The number of aliphatic imine (C=N–C) groups is 1. The third kappa shape index (κ3) is 4.98. The van der Waals surface area contributed by atoms with Crippen LogP contribution in [0.3, 0.4) is 0 Å². The lowest BCUT2D eigenvalue weighted by Gasteiger charge is -2.24. The maximum atomic E-state index is 4.96. The number of likely N-dealkylation sites (tertiary alicyclic amines) is 1. The van der Waals surface area contributed by atoms with Crippen LogP contribution in [-0.4, -0.2) is 48.9 Å². The van der Waals surface area contributed by atoms with Crippen LogP contribution in [0.15, 0.2) is 53.2 Å². The average Bonchev–Trinajstić information content (AvgIpc) is 3.85. The zero-order valence-corrected chi connectivity index (χ0v) is 22.3. The number of anilines is 4. The lowest BCUT2D eigenvalue weighted by Crippen LogP contribution is -2.24. The van der Waals surface area contributed by atoms with Gasteiger partial charge < -0.3 is 25.8 Å². The summed E-state index contributed by atoms with van der Waals surface area (Å²) >= 11 is 0. The normalized spacial score (nSPS) is 23.5. The number of allylic oxidation sites excluding steroid dienone is 2. The molecule has 0 bridgehead atoms. The van der Waals surface area contributed by atoms with Crippen LogP contribution in [0.4, 0.5) is 28.7 Å². The van der Waals surface area contributed by atoms with Crippen molar-refractivity contribution < 1.29 is 0 Å². The topological polar surface area (TPSA) is 67.8 Å². The van der Waals surface area contributed by atoms with Crippen molar-refractivity contribution in [3.8, 4) is 0 Å². The number of hydrogen-bond acceptors (Lipinski definition) is 7. The summed E-state index contributed by atoms with van der Waals surface area (Å²) in [5.41, 5.74) is 8.30. The van der Waals surface area contributed by atoms with Gasteiger partial charge in [0.15, 0.2) is 0 Å². The zero-order valence-electron chi connectivity index (χ0n) is 22.3. The third-order valence-corrected chi connectivity index (χ3v) is 8.89. The fraction of sp³-hybridized carbons (Fsp3) is 0.484. The summed E-state index contributed by atoms with van der Waals surface area (Å²) in [6.07, 6.45) is 12.2. The van der Waals surface area contributed by atoms with Gasteiger partial charge in [-0.2, -0.15) is 0 Å². The number of pyridine rings is 1. The molecule has 38 heavy (non-hydrogen) atoms. The van der Waals surface area contributed by atoms with Gasteiger partial charge in [0.05, 0.1) is 17.6 Å². The van der Waals surface area contributed by atoms with Crippen molar-refractivity contribution in [1.82, 2.24) is 15.2 Å². The van der Waals surface area contributed by atoms with E-state index in [1.807, 2.05) is 6.07 Å². The third-order valence-electron chi connectivity index (χ3n) is 8.89. The second-order valence-electron chi connectivity index (χ2n) is 11.5. The molecule has 198 valence electrons. The first-order valence-corrected chi connectivity index (χ1v) is 14.6. The van der Waals surface area contributed by atoms with Gasteiger partial charge in [-0.1, -0.05) is 12.2 Å². The summed E-state index contributed by atoms with van der Waals surface area (Å²) < 4.78 is 0. The van der Waals surface area contributed by atoms with Crippen LogP contribution in [0.5, 0.6) is 0 Å². The molecule has 2 atom stereocenters. The van der Waals surface area contributed by atoms with E-state index in [-0.39, 0.29) is 0 Å². The molecule has 7 heteroatoms.